The molecule has 2 aromatic rings. The van der Waals surface area contributed by atoms with E-state index in [1.54, 1.807) is 24.3 Å². The summed E-state index contributed by atoms with van der Waals surface area (Å²) >= 11 is 12.3. The summed E-state index contributed by atoms with van der Waals surface area (Å²) in [7, 11) is 0. The van der Waals surface area contributed by atoms with Crippen LogP contribution in [0.2, 0.25) is 0 Å². The number of aliphatic hydroxyl groups excluding tert-OH is 1. The van der Waals surface area contributed by atoms with Crippen molar-refractivity contribution in [3.8, 4) is 10.6 Å². The van der Waals surface area contributed by atoms with Crippen molar-refractivity contribution in [2.75, 3.05) is 6.67 Å². The van der Waals surface area contributed by atoms with Gasteiger partial charge in [-0.05, 0) is 12.5 Å². The highest BCUT2D eigenvalue weighted by atomic mass is 35.5. The minimum absolute atomic E-state index is 0.457. The third kappa shape index (κ3) is 4.60. The lowest BCUT2D eigenvalue weighted by Gasteiger charge is -2.22. The Balaban J connectivity index is 2.12. The van der Waals surface area contributed by atoms with E-state index in [4.69, 9.17) is 23.2 Å². The monoisotopic (exact) mass is 377 g/mol. The van der Waals surface area contributed by atoms with Crippen molar-refractivity contribution in [1.29, 1.82) is 0 Å². The van der Waals surface area contributed by atoms with Crippen LogP contribution < -0.4 is 5.32 Å². The van der Waals surface area contributed by atoms with Gasteiger partial charge in [-0.2, -0.15) is 0 Å². The zero-order chi connectivity index (χ0) is 17.0. The third-order valence-corrected chi connectivity index (χ3v) is 4.38. The molecule has 0 saturated carbocycles. The van der Waals surface area contributed by atoms with Crippen LogP contribution in [0, 0.1) is 6.92 Å². The Kier molecular flexibility index (Phi) is 6.29. The molecule has 23 heavy (non-hydrogen) atoms. The number of rotatable bonds is 6. The molecule has 1 amide bonds. The first-order chi connectivity index (χ1) is 10.9. The maximum atomic E-state index is 13.1. The third-order valence-electron chi connectivity index (χ3n) is 3.10. The van der Waals surface area contributed by atoms with Gasteiger partial charge >= 0.3 is 0 Å². The molecule has 2 rings (SSSR count). The van der Waals surface area contributed by atoms with Crippen molar-refractivity contribution in [3.05, 3.63) is 34.8 Å². The summed E-state index contributed by atoms with van der Waals surface area (Å²) in [6.45, 7) is 0.902. The topological polar surface area (TPSA) is 75.1 Å². The predicted octanol–water partition coefficient (Wildman–Crippen LogP) is 2.80. The molecule has 5 nitrogen and oxygen atoms in total. The standard InChI is InChI=1S/C14H14Cl2FN3O2S/c1-7-19-20-14(23-7)9-4-2-8(3-5-9)11(21)10(6-17)18-13(22)12(15)16/h2-5,10-12,21H,6H2,1H3,(H,18,22). The van der Waals surface area contributed by atoms with Gasteiger partial charge in [-0.1, -0.05) is 58.8 Å². The summed E-state index contributed by atoms with van der Waals surface area (Å²) in [4.78, 5) is 10.1. The van der Waals surface area contributed by atoms with E-state index in [0.717, 1.165) is 15.6 Å². The second-order valence-electron chi connectivity index (χ2n) is 4.76. The van der Waals surface area contributed by atoms with Crippen LogP contribution >= 0.6 is 34.5 Å². The van der Waals surface area contributed by atoms with E-state index in [1.807, 2.05) is 6.92 Å². The molecule has 124 valence electrons. The number of alkyl halides is 3. The van der Waals surface area contributed by atoms with Crippen molar-refractivity contribution < 1.29 is 14.3 Å². The molecular weight excluding hydrogens is 364 g/mol. The van der Waals surface area contributed by atoms with Gasteiger partial charge in [0.25, 0.3) is 5.91 Å². The predicted molar refractivity (Wildman–Crippen MR) is 88.4 cm³/mol. The average molecular weight is 378 g/mol. The number of carbonyl (C=O) groups is 1. The molecule has 1 heterocycles. The molecule has 2 unspecified atom stereocenters. The summed E-state index contributed by atoms with van der Waals surface area (Å²) in [6.07, 6.45) is -1.22. The van der Waals surface area contributed by atoms with Crippen LogP contribution in [0.15, 0.2) is 24.3 Å². The number of hydrogen-bond donors (Lipinski definition) is 2. The number of hydrogen-bond acceptors (Lipinski definition) is 5. The quantitative estimate of drug-likeness (QED) is 0.758. The van der Waals surface area contributed by atoms with E-state index in [0.29, 0.717) is 5.56 Å². The Labute approximate surface area is 146 Å². The molecule has 1 aromatic carbocycles. The highest BCUT2D eigenvalue weighted by molar-refractivity contribution is 7.14. The van der Waals surface area contributed by atoms with Crippen molar-refractivity contribution in [2.24, 2.45) is 0 Å². The van der Waals surface area contributed by atoms with Gasteiger partial charge in [-0.3, -0.25) is 4.79 Å². The Morgan fingerprint density at radius 1 is 1.35 bits per heavy atom. The molecule has 0 spiro atoms. The number of amides is 1. The lowest BCUT2D eigenvalue weighted by molar-refractivity contribution is -0.121. The van der Waals surface area contributed by atoms with Gasteiger partial charge in [-0.25, -0.2) is 4.39 Å². The van der Waals surface area contributed by atoms with Crippen molar-refractivity contribution >= 4 is 40.4 Å². The fourth-order valence-electron chi connectivity index (χ4n) is 1.92. The molecule has 9 heteroatoms. The first-order valence-corrected chi connectivity index (χ1v) is 8.34. The fraction of sp³-hybridized carbons (Fsp3) is 0.357. The van der Waals surface area contributed by atoms with E-state index in [9.17, 15) is 14.3 Å². The fourth-order valence-corrected chi connectivity index (χ4v) is 2.74. The lowest BCUT2D eigenvalue weighted by Crippen LogP contribution is -2.43. The Hall–Kier alpha value is -1.28. The first-order valence-electron chi connectivity index (χ1n) is 6.65. The number of halogens is 3. The van der Waals surface area contributed by atoms with Crippen LogP contribution in [0.25, 0.3) is 10.6 Å². The van der Waals surface area contributed by atoms with E-state index >= 15 is 0 Å². The summed E-state index contributed by atoms with van der Waals surface area (Å²) in [5.74, 6) is -0.754. The number of carbonyl (C=O) groups excluding carboxylic acids is 1. The van der Waals surface area contributed by atoms with Crippen LogP contribution in [-0.4, -0.2) is 38.8 Å². The maximum absolute atomic E-state index is 13.1. The maximum Gasteiger partial charge on any atom is 0.253 e. The van der Waals surface area contributed by atoms with Gasteiger partial charge in [0.15, 0.2) is 4.84 Å². The highest BCUT2D eigenvalue weighted by Crippen LogP contribution is 2.26. The van der Waals surface area contributed by atoms with E-state index in [1.165, 1.54) is 11.3 Å². The van der Waals surface area contributed by atoms with Gasteiger partial charge in [0.1, 0.15) is 22.8 Å². The molecule has 0 fully saturated rings. The Morgan fingerprint density at radius 2 is 2.00 bits per heavy atom. The molecular formula is C14H14Cl2FN3O2S. The normalized spacial score (nSPS) is 13.8. The lowest BCUT2D eigenvalue weighted by atomic mass is 10.0. The van der Waals surface area contributed by atoms with Crippen LogP contribution in [0.3, 0.4) is 0 Å². The van der Waals surface area contributed by atoms with Gasteiger partial charge in [-0.15, -0.1) is 10.2 Å². The molecule has 0 saturated heterocycles. The van der Waals surface area contributed by atoms with Crippen LogP contribution in [-0.2, 0) is 4.79 Å². The van der Waals surface area contributed by atoms with E-state index in [2.05, 4.69) is 15.5 Å². The molecule has 2 atom stereocenters. The van der Waals surface area contributed by atoms with E-state index < -0.39 is 29.6 Å². The van der Waals surface area contributed by atoms with Gasteiger partial charge < -0.3 is 10.4 Å². The highest BCUT2D eigenvalue weighted by Gasteiger charge is 2.25. The Morgan fingerprint density at radius 3 is 2.48 bits per heavy atom. The van der Waals surface area contributed by atoms with Crippen LogP contribution in [0.1, 0.15) is 16.7 Å². The molecule has 0 aliphatic carbocycles. The molecule has 0 radical (unpaired) electrons. The summed E-state index contributed by atoms with van der Waals surface area (Å²) in [5.41, 5.74) is 1.30. The van der Waals surface area contributed by atoms with Crippen molar-refractivity contribution in [3.63, 3.8) is 0 Å². The number of aromatic nitrogens is 2. The average Bonchev–Trinajstić information content (AvgIpc) is 2.98. The minimum Gasteiger partial charge on any atom is -0.386 e. The van der Waals surface area contributed by atoms with Crippen LogP contribution in [0.5, 0.6) is 0 Å². The zero-order valence-corrected chi connectivity index (χ0v) is 14.4. The number of benzene rings is 1. The Bertz CT molecular complexity index is 666. The molecule has 0 bridgehead atoms. The second-order valence-corrected chi connectivity index (χ2v) is 7.04. The zero-order valence-electron chi connectivity index (χ0n) is 12.0. The SMILES string of the molecule is Cc1nnc(-c2ccc(C(O)C(CF)NC(=O)C(Cl)Cl)cc2)s1. The number of nitrogens with zero attached hydrogens (tertiary/aromatic N) is 2. The minimum atomic E-state index is -1.32. The largest absolute Gasteiger partial charge is 0.386 e. The van der Waals surface area contributed by atoms with Gasteiger partial charge in [0.05, 0.1) is 6.04 Å². The number of aliphatic hydroxyl groups is 1. The van der Waals surface area contributed by atoms with Crippen molar-refractivity contribution in [2.45, 2.75) is 23.9 Å². The summed E-state index contributed by atoms with van der Waals surface area (Å²) in [5, 5.41) is 22.0. The molecule has 0 aliphatic heterocycles. The number of nitrogens with one attached hydrogen (secondary N) is 1. The number of aryl methyl sites for hydroxylation is 1. The summed E-state index contributed by atoms with van der Waals surface area (Å²) < 4.78 is 13.1. The van der Waals surface area contributed by atoms with Gasteiger partial charge in [0.2, 0.25) is 0 Å². The van der Waals surface area contributed by atoms with Crippen molar-refractivity contribution in [1.82, 2.24) is 15.5 Å². The molecule has 1 aromatic heterocycles. The van der Waals surface area contributed by atoms with Gasteiger partial charge in [0, 0.05) is 5.56 Å². The first kappa shape index (κ1) is 18.1. The second kappa shape index (κ2) is 8.01. The smallest absolute Gasteiger partial charge is 0.253 e. The molecule has 0 aliphatic rings. The van der Waals surface area contributed by atoms with E-state index in [-0.39, 0.29) is 0 Å². The summed E-state index contributed by atoms with van der Waals surface area (Å²) in [6, 6.07) is 5.66. The van der Waals surface area contributed by atoms with Crippen LogP contribution in [0.4, 0.5) is 4.39 Å². The molecule has 2 N–H and O–H groups in total.